The van der Waals surface area contributed by atoms with Crippen LogP contribution in [0.1, 0.15) is 49.9 Å². The maximum atomic E-state index is 11.4. The van der Waals surface area contributed by atoms with Gasteiger partial charge in [-0.15, -0.1) is 0 Å². The average molecular weight is 248 g/mol. The second-order valence-electron chi connectivity index (χ2n) is 5.81. The van der Waals surface area contributed by atoms with Gasteiger partial charge in [-0.05, 0) is 29.0 Å². The van der Waals surface area contributed by atoms with Crippen molar-refractivity contribution in [3.63, 3.8) is 0 Å². The summed E-state index contributed by atoms with van der Waals surface area (Å²) in [5, 5.41) is 2.61. The number of nitrogens with one attached hydrogen (secondary N) is 1. The number of carbonyl (C=O) groups excluding carboxylic acids is 1. The molecule has 0 heterocycles. The summed E-state index contributed by atoms with van der Waals surface area (Å²) >= 11 is 0. The zero-order valence-corrected chi connectivity index (χ0v) is 12.0. The van der Waals surface area contributed by atoms with Gasteiger partial charge in [-0.2, -0.15) is 0 Å². The smallest absolute Gasteiger partial charge is 0.221 e. The summed E-state index contributed by atoms with van der Waals surface area (Å²) in [7, 11) is 1.63. The van der Waals surface area contributed by atoms with E-state index in [0.29, 0.717) is 6.42 Å². The molecule has 1 aromatic rings. The molecule has 0 aliphatic carbocycles. The average Bonchev–Trinajstić information content (AvgIpc) is 2.27. The van der Waals surface area contributed by atoms with Crippen molar-refractivity contribution in [3.8, 4) is 0 Å². The Labute approximate surface area is 110 Å². The van der Waals surface area contributed by atoms with Gasteiger partial charge in [0.15, 0.2) is 0 Å². The molecule has 1 unspecified atom stereocenters. The van der Waals surface area contributed by atoms with Crippen LogP contribution < -0.4 is 11.1 Å². The molecule has 0 aliphatic rings. The summed E-state index contributed by atoms with van der Waals surface area (Å²) in [6.45, 7) is 8.55. The van der Waals surface area contributed by atoms with Crippen LogP contribution in [0.3, 0.4) is 0 Å². The van der Waals surface area contributed by atoms with E-state index in [-0.39, 0.29) is 17.4 Å². The van der Waals surface area contributed by atoms with E-state index < -0.39 is 0 Å². The van der Waals surface area contributed by atoms with Gasteiger partial charge in [-0.1, -0.05) is 39.0 Å². The van der Waals surface area contributed by atoms with E-state index in [2.05, 4.69) is 44.3 Å². The Morgan fingerprint density at radius 2 is 2.00 bits per heavy atom. The topological polar surface area (TPSA) is 55.1 Å². The van der Waals surface area contributed by atoms with E-state index >= 15 is 0 Å². The van der Waals surface area contributed by atoms with Gasteiger partial charge in [0.1, 0.15) is 0 Å². The third-order valence-electron chi connectivity index (χ3n) is 3.23. The Kier molecular flexibility index (Phi) is 4.52. The lowest BCUT2D eigenvalue weighted by atomic mass is 9.84. The molecule has 0 aromatic heterocycles. The molecule has 3 N–H and O–H groups in total. The summed E-state index contributed by atoms with van der Waals surface area (Å²) in [6.07, 6.45) is 0.324. The van der Waals surface area contributed by atoms with Gasteiger partial charge >= 0.3 is 0 Å². The number of nitrogens with two attached hydrogens (primary N) is 1. The fourth-order valence-corrected chi connectivity index (χ4v) is 1.92. The van der Waals surface area contributed by atoms with Crippen LogP contribution in [-0.4, -0.2) is 13.0 Å². The van der Waals surface area contributed by atoms with E-state index in [1.807, 2.05) is 6.92 Å². The minimum absolute atomic E-state index is 0.0249. The van der Waals surface area contributed by atoms with Gasteiger partial charge in [0, 0.05) is 19.5 Å². The molecule has 0 fully saturated rings. The quantitative estimate of drug-likeness (QED) is 0.863. The van der Waals surface area contributed by atoms with E-state index in [4.69, 9.17) is 5.73 Å². The normalized spacial score (nSPS) is 13.2. The molecule has 1 atom stereocenters. The van der Waals surface area contributed by atoms with Gasteiger partial charge in [0.2, 0.25) is 5.91 Å². The Hall–Kier alpha value is -1.35. The van der Waals surface area contributed by atoms with Crippen molar-refractivity contribution in [1.82, 2.24) is 5.32 Å². The van der Waals surface area contributed by atoms with Gasteiger partial charge in [0.05, 0.1) is 0 Å². The zero-order valence-electron chi connectivity index (χ0n) is 12.0. The Morgan fingerprint density at radius 1 is 1.39 bits per heavy atom. The van der Waals surface area contributed by atoms with Crippen molar-refractivity contribution in [2.75, 3.05) is 7.05 Å². The minimum Gasteiger partial charge on any atom is -0.359 e. The fraction of sp³-hybridized carbons (Fsp3) is 0.533. The van der Waals surface area contributed by atoms with E-state index in [1.54, 1.807) is 7.05 Å². The van der Waals surface area contributed by atoms with Crippen LogP contribution in [0.4, 0.5) is 0 Å². The first-order chi connectivity index (χ1) is 8.25. The zero-order chi connectivity index (χ0) is 13.9. The van der Waals surface area contributed by atoms with Crippen molar-refractivity contribution in [1.29, 1.82) is 0 Å². The lowest BCUT2D eigenvalue weighted by Gasteiger charge is -2.22. The molecule has 0 saturated carbocycles. The third-order valence-corrected chi connectivity index (χ3v) is 3.23. The molecule has 100 valence electrons. The number of rotatable bonds is 3. The first-order valence-corrected chi connectivity index (χ1v) is 6.33. The van der Waals surface area contributed by atoms with Crippen molar-refractivity contribution in [2.45, 2.75) is 45.6 Å². The summed E-state index contributed by atoms with van der Waals surface area (Å²) < 4.78 is 0. The highest BCUT2D eigenvalue weighted by molar-refractivity contribution is 5.76. The highest BCUT2D eigenvalue weighted by Gasteiger charge is 2.18. The Balaban J connectivity index is 3.04. The molecule has 1 aromatic carbocycles. The first kappa shape index (κ1) is 14.7. The van der Waals surface area contributed by atoms with Crippen molar-refractivity contribution >= 4 is 5.91 Å². The minimum atomic E-state index is -0.243. The molecular formula is C15H24N2O. The molecule has 3 heteroatoms. The van der Waals surface area contributed by atoms with Crippen LogP contribution in [0.2, 0.25) is 0 Å². The summed E-state index contributed by atoms with van der Waals surface area (Å²) in [5.41, 5.74) is 9.66. The van der Waals surface area contributed by atoms with E-state index in [0.717, 1.165) is 11.1 Å². The summed E-state index contributed by atoms with van der Waals surface area (Å²) in [5.74, 6) is -0.0249. The third kappa shape index (κ3) is 3.57. The number of amides is 1. The second kappa shape index (κ2) is 5.53. The molecule has 1 rings (SSSR count). The monoisotopic (exact) mass is 248 g/mol. The first-order valence-electron chi connectivity index (χ1n) is 6.33. The van der Waals surface area contributed by atoms with Crippen LogP contribution >= 0.6 is 0 Å². The van der Waals surface area contributed by atoms with Gasteiger partial charge in [-0.3, -0.25) is 4.79 Å². The van der Waals surface area contributed by atoms with E-state index in [9.17, 15) is 4.79 Å². The number of benzene rings is 1. The lowest BCUT2D eigenvalue weighted by molar-refractivity contribution is -0.120. The highest BCUT2D eigenvalue weighted by atomic mass is 16.1. The number of aryl methyl sites for hydroxylation is 1. The van der Waals surface area contributed by atoms with Crippen LogP contribution in [0.25, 0.3) is 0 Å². The molecule has 18 heavy (non-hydrogen) atoms. The molecular weight excluding hydrogens is 224 g/mol. The number of carbonyl (C=O) groups is 1. The maximum Gasteiger partial charge on any atom is 0.221 e. The summed E-state index contributed by atoms with van der Waals surface area (Å²) in [6, 6.07) is 6.10. The molecule has 0 radical (unpaired) electrons. The molecule has 1 amide bonds. The molecule has 3 nitrogen and oxygen atoms in total. The maximum absolute atomic E-state index is 11.4. The number of hydrogen-bond donors (Lipinski definition) is 2. The largest absolute Gasteiger partial charge is 0.359 e. The van der Waals surface area contributed by atoms with Crippen LogP contribution in [0.15, 0.2) is 18.2 Å². The molecule has 0 saturated heterocycles. The standard InChI is InChI=1S/C15H24N2O/c1-10-6-7-11(15(2,3)4)8-12(10)13(16)9-14(18)17-5/h6-8,13H,9,16H2,1-5H3,(H,17,18). The Morgan fingerprint density at radius 3 is 2.50 bits per heavy atom. The molecule has 0 aliphatic heterocycles. The highest BCUT2D eigenvalue weighted by Crippen LogP contribution is 2.27. The Bertz CT molecular complexity index is 433. The van der Waals surface area contributed by atoms with E-state index in [1.165, 1.54) is 5.56 Å². The lowest BCUT2D eigenvalue weighted by Crippen LogP contribution is -2.25. The van der Waals surface area contributed by atoms with Crippen LogP contribution in [-0.2, 0) is 10.2 Å². The van der Waals surface area contributed by atoms with Crippen LogP contribution in [0.5, 0.6) is 0 Å². The predicted octanol–water partition coefficient (Wildman–Crippen LogP) is 2.43. The van der Waals surface area contributed by atoms with Crippen molar-refractivity contribution < 1.29 is 4.79 Å². The van der Waals surface area contributed by atoms with Crippen LogP contribution in [0, 0.1) is 6.92 Å². The second-order valence-corrected chi connectivity index (χ2v) is 5.81. The fourth-order valence-electron chi connectivity index (χ4n) is 1.92. The van der Waals surface area contributed by atoms with Gasteiger partial charge in [-0.25, -0.2) is 0 Å². The summed E-state index contributed by atoms with van der Waals surface area (Å²) in [4.78, 5) is 11.4. The molecule has 0 spiro atoms. The molecule has 0 bridgehead atoms. The van der Waals surface area contributed by atoms with Gasteiger partial charge in [0.25, 0.3) is 0 Å². The van der Waals surface area contributed by atoms with Gasteiger partial charge < -0.3 is 11.1 Å². The van der Waals surface area contributed by atoms with Crippen molar-refractivity contribution in [3.05, 3.63) is 34.9 Å². The number of hydrogen-bond acceptors (Lipinski definition) is 2. The predicted molar refractivity (Wildman–Crippen MR) is 75.5 cm³/mol. The van der Waals surface area contributed by atoms with Crippen molar-refractivity contribution in [2.24, 2.45) is 5.73 Å². The SMILES string of the molecule is CNC(=O)CC(N)c1cc(C(C)(C)C)ccc1C.